The van der Waals surface area contributed by atoms with Gasteiger partial charge in [0.15, 0.2) is 0 Å². The molecule has 0 heterocycles. The van der Waals surface area contributed by atoms with Crippen LogP contribution in [0.2, 0.25) is 0 Å². The van der Waals surface area contributed by atoms with Crippen LogP contribution in [0.4, 0.5) is 0 Å². The SMILES string of the molecule is COCCOCCOCC(=O)NCCCC[C@H](NC(=O)COCCOCCOC)C(=O)NCCCC(=O)ONC(=O)Cc1ccc(CCCCc2ccccc2)cc1. The molecule has 16 heteroatoms. The first-order chi connectivity index (χ1) is 28.3. The molecule has 58 heavy (non-hydrogen) atoms. The smallest absolute Gasteiger partial charge is 0.332 e. The minimum Gasteiger partial charge on any atom is -0.382 e. The molecule has 16 nitrogen and oxygen atoms in total. The summed E-state index contributed by atoms with van der Waals surface area (Å²) in [6, 6.07) is 17.4. The van der Waals surface area contributed by atoms with Gasteiger partial charge in [-0.2, -0.15) is 5.48 Å². The van der Waals surface area contributed by atoms with Gasteiger partial charge < -0.3 is 49.2 Å². The molecule has 1 atom stereocenters. The summed E-state index contributed by atoms with van der Waals surface area (Å²) in [5.41, 5.74) is 5.54. The molecular formula is C42H64N4O12. The highest BCUT2D eigenvalue weighted by atomic mass is 16.7. The van der Waals surface area contributed by atoms with Crippen LogP contribution < -0.4 is 21.4 Å². The van der Waals surface area contributed by atoms with Gasteiger partial charge in [-0.3, -0.25) is 19.2 Å². The molecule has 0 aliphatic carbocycles. The van der Waals surface area contributed by atoms with E-state index in [1.54, 1.807) is 14.2 Å². The van der Waals surface area contributed by atoms with E-state index in [0.717, 1.165) is 31.2 Å². The highest BCUT2D eigenvalue weighted by Crippen LogP contribution is 2.11. The number of ether oxygens (including phenoxy) is 6. The number of hydrogen-bond acceptors (Lipinski definition) is 12. The topological polar surface area (TPSA) is 198 Å². The molecule has 0 fully saturated rings. The summed E-state index contributed by atoms with van der Waals surface area (Å²) in [5.74, 6) is -2.28. The van der Waals surface area contributed by atoms with Gasteiger partial charge in [0, 0.05) is 33.7 Å². The molecule has 2 aromatic carbocycles. The maximum Gasteiger partial charge on any atom is 0.332 e. The highest BCUT2D eigenvalue weighted by Gasteiger charge is 2.20. The van der Waals surface area contributed by atoms with Crippen molar-refractivity contribution in [2.24, 2.45) is 0 Å². The first-order valence-electron chi connectivity index (χ1n) is 20.0. The van der Waals surface area contributed by atoms with Crippen molar-refractivity contribution in [3.05, 3.63) is 71.3 Å². The minimum atomic E-state index is -0.869. The Bertz CT molecular complexity index is 1410. The molecule has 0 aliphatic rings. The quantitative estimate of drug-likeness (QED) is 0.0596. The predicted molar refractivity (Wildman–Crippen MR) is 216 cm³/mol. The summed E-state index contributed by atoms with van der Waals surface area (Å²) in [4.78, 5) is 67.3. The van der Waals surface area contributed by atoms with Gasteiger partial charge >= 0.3 is 5.97 Å². The molecule has 4 amide bonds. The van der Waals surface area contributed by atoms with Crippen LogP contribution in [0.1, 0.15) is 61.6 Å². The molecule has 2 aromatic rings. The molecule has 0 unspecified atom stereocenters. The second-order valence-corrected chi connectivity index (χ2v) is 13.4. The van der Waals surface area contributed by atoms with Crippen LogP contribution in [-0.2, 0) is 76.5 Å². The van der Waals surface area contributed by atoms with Crippen molar-refractivity contribution >= 4 is 29.6 Å². The summed E-state index contributed by atoms with van der Waals surface area (Å²) in [6.07, 6.45) is 5.80. The van der Waals surface area contributed by atoms with Gasteiger partial charge in [0.2, 0.25) is 17.7 Å². The zero-order valence-corrected chi connectivity index (χ0v) is 34.2. The molecule has 0 saturated carbocycles. The zero-order chi connectivity index (χ0) is 41.9. The molecule has 0 spiro atoms. The number of methoxy groups -OCH3 is 2. The molecular weight excluding hydrogens is 752 g/mol. The van der Waals surface area contributed by atoms with E-state index >= 15 is 0 Å². The van der Waals surface area contributed by atoms with Gasteiger partial charge in [-0.25, -0.2) is 4.79 Å². The second-order valence-electron chi connectivity index (χ2n) is 13.4. The molecule has 0 saturated heterocycles. The Morgan fingerprint density at radius 3 is 1.74 bits per heavy atom. The van der Waals surface area contributed by atoms with Crippen molar-refractivity contribution in [1.82, 2.24) is 21.4 Å². The lowest BCUT2D eigenvalue weighted by atomic mass is 10.0. The largest absolute Gasteiger partial charge is 0.382 e. The average molecular weight is 817 g/mol. The van der Waals surface area contributed by atoms with Crippen LogP contribution in [0.5, 0.6) is 0 Å². The van der Waals surface area contributed by atoms with Gasteiger partial charge in [-0.15, -0.1) is 0 Å². The van der Waals surface area contributed by atoms with Crippen LogP contribution in [-0.4, -0.2) is 129 Å². The minimum absolute atomic E-state index is 0.0545. The van der Waals surface area contributed by atoms with Crippen molar-refractivity contribution in [2.45, 2.75) is 70.3 Å². The standard InChI is InChI=1S/C42H64N4O12/c1-52-23-25-54-27-29-56-32-39(48)43-21-9-8-15-37(45-40(49)33-57-30-28-55-26-24-53-2)42(51)44-22-10-16-41(50)58-46-38(47)31-36-19-17-35(18-20-36)14-7-6-13-34-11-4-3-5-12-34/h3-5,11-12,17-20,37H,6-10,13-16,21-33H2,1-2H3,(H,43,48)(H,44,51)(H,45,49)(H,46,47)/t37-/m0/s1. The van der Waals surface area contributed by atoms with Gasteiger partial charge in [-0.05, 0) is 68.1 Å². The predicted octanol–water partition coefficient (Wildman–Crippen LogP) is 2.40. The fourth-order valence-electron chi connectivity index (χ4n) is 5.39. The molecule has 2 rings (SSSR count). The lowest BCUT2D eigenvalue weighted by molar-refractivity contribution is -0.158. The first kappa shape index (κ1) is 49.7. The molecule has 0 aromatic heterocycles. The number of carbonyl (C=O) groups excluding carboxylic acids is 5. The monoisotopic (exact) mass is 816 g/mol. The highest BCUT2D eigenvalue weighted by molar-refractivity contribution is 5.88. The third kappa shape index (κ3) is 26.5. The van der Waals surface area contributed by atoms with E-state index in [0.29, 0.717) is 58.8 Å². The fourth-order valence-corrected chi connectivity index (χ4v) is 5.39. The van der Waals surface area contributed by atoms with E-state index < -0.39 is 29.7 Å². The van der Waals surface area contributed by atoms with E-state index in [2.05, 4.69) is 45.7 Å². The lowest BCUT2D eigenvalue weighted by Crippen LogP contribution is -2.48. The van der Waals surface area contributed by atoms with Crippen LogP contribution in [0.25, 0.3) is 0 Å². The molecule has 0 bridgehead atoms. The Labute approximate surface area is 342 Å². The summed E-state index contributed by atoms with van der Waals surface area (Å²) in [5, 5.41) is 8.21. The average Bonchev–Trinajstić information content (AvgIpc) is 3.22. The molecule has 0 aliphatic heterocycles. The number of unbranched alkanes of at least 4 members (excludes halogenated alkanes) is 2. The Balaban J connectivity index is 1.66. The van der Waals surface area contributed by atoms with Gasteiger partial charge in [0.05, 0.1) is 59.3 Å². The molecule has 0 radical (unpaired) electrons. The van der Waals surface area contributed by atoms with E-state index in [1.807, 2.05) is 30.3 Å². The Kier molecular flexibility index (Phi) is 28.7. The summed E-state index contributed by atoms with van der Waals surface area (Å²) >= 11 is 0. The number of carbonyl (C=O) groups is 5. The van der Waals surface area contributed by atoms with Crippen molar-refractivity contribution in [2.75, 3.05) is 93.4 Å². The fraction of sp³-hybridized carbons (Fsp3) is 0.595. The third-order valence-electron chi connectivity index (χ3n) is 8.51. The van der Waals surface area contributed by atoms with Gasteiger partial charge in [0.25, 0.3) is 5.91 Å². The number of aryl methyl sites for hydroxylation is 2. The normalized spacial score (nSPS) is 11.4. The van der Waals surface area contributed by atoms with Crippen molar-refractivity contribution < 1.29 is 57.2 Å². The maximum absolute atomic E-state index is 13.1. The molecule has 4 N–H and O–H groups in total. The lowest BCUT2D eigenvalue weighted by Gasteiger charge is -2.19. The van der Waals surface area contributed by atoms with Crippen LogP contribution in [0.15, 0.2) is 54.6 Å². The van der Waals surface area contributed by atoms with Crippen LogP contribution in [0.3, 0.4) is 0 Å². The summed E-state index contributed by atoms with van der Waals surface area (Å²) in [6.45, 7) is 3.04. The third-order valence-corrected chi connectivity index (χ3v) is 8.51. The van der Waals surface area contributed by atoms with E-state index in [9.17, 15) is 24.0 Å². The first-order valence-corrected chi connectivity index (χ1v) is 20.0. The van der Waals surface area contributed by atoms with Gasteiger partial charge in [0.1, 0.15) is 19.3 Å². The number of amides is 4. The number of nitrogens with one attached hydrogen (secondary N) is 4. The second kappa shape index (κ2) is 33.5. The van der Waals surface area contributed by atoms with Crippen molar-refractivity contribution in [3.8, 4) is 0 Å². The van der Waals surface area contributed by atoms with E-state index in [-0.39, 0.29) is 64.7 Å². The summed E-state index contributed by atoms with van der Waals surface area (Å²) in [7, 11) is 3.15. The number of benzene rings is 2. The number of rotatable bonds is 34. The van der Waals surface area contributed by atoms with Gasteiger partial charge in [-0.1, -0.05) is 54.6 Å². The van der Waals surface area contributed by atoms with E-state index in [1.165, 1.54) is 11.1 Å². The number of hydrogen-bond donors (Lipinski definition) is 4. The molecule has 324 valence electrons. The summed E-state index contributed by atoms with van der Waals surface area (Å²) < 4.78 is 31.0. The van der Waals surface area contributed by atoms with E-state index in [4.69, 9.17) is 33.3 Å². The zero-order valence-electron chi connectivity index (χ0n) is 34.2. The number of hydroxylamine groups is 1. The van der Waals surface area contributed by atoms with Crippen molar-refractivity contribution in [3.63, 3.8) is 0 Å². The van der Waals surface area contributed by atoms with Crippen LogP contribution in [0, 0.1) is 0 Å². The van der Waals surface area contributed by atoms with Crippen LogP contribution >= 0.6 is 0 Å². The van der Waals surface area contributed by atoms with Crippen molar-refractivity contribution in [1.29, 1.82) is 0 Å². The Morgan fingerprint density at radius 1 is 0.552 bits per heavy atom. The Hall–Kier alpha value is -4.45. The maximum atomic E-state index is 13.1. The Morgan fingerprint density at radius 2 is 1.10 bits per heavy atom.